The van der Waals surface area contributed by atoms with Crippen molar-refractivity contribution in [3.8, 4) is 5.75 Å². The molecule has 0 aliphatic heterocycles. The van der Waals surface area contributed by atoms with Crippen molar-refractivity contribution >= 4 is 5.91 Å². The second-order valence-corrected chi connectivity index (χ2v) is 6.06. The van der Waals surface area contributed by atoms with Crippen LogP contribution in [-0.2, 0) is 11.2 Å². The molecule has 4 heteroatoms. The number of aliphatic hydroxyl groups is 1. The van der Waals surface area contributed by atoms with E-state index in [4.69, 9.17) is 4.74 Å². The molecule has 0 saturated carbocycles. The summed E-state index contributed by atoms with van der Waals surface area (Å²) in [6.07, 6.45) is 0.347. The minimum absolute atomic E-state index is 0.0596. The molecule has 0 aromatic heterocycles. The Balaban J connectivity index is 1.84. The fourth-order valence-electron chi connectivity index (χ4n) is 2.51. The second-order valence-electron chi connectivity index (χ2n) is 6.06. The van der Waals surface area contributed by atoms with Crippen LogP contribution in [0, 0.1) is 6.92 Å². The third-order valence-corrected chi connectivity index (χ3v) is 4.08. The first-order chi connectivity index (χ1) is 11.5. The van der Waals surface area contributed by atoms with Crippen LogP contribution in [-0.4, -0.2) is 24.2 Å². The monoisotopic (exact) mass is 327 g/mol. The average Bonchev–Trinajstić information content (AvgIpc) is 2.60. The molecule has 2 unspecified atom stereocenters. The molecule has 2 aromatic rings. The molecular formula is C20H25NO3. The van der Waals surface area contributed by atoms with Crippen molar-refractivity contribution in [1.29, 1.82) is 0 Å². The van der Waals surface area contributed by atoms with Gasteiger partial charge in [-0.1, -0.05) is 42.0 Å². The van der Waals surface area contributed by atoms with Gasteiger partial charge >= 0.3 is 0 Å². The van der Waals surface area contributed by atoms with Gasteiger partial charge in [-0.2, -0.15) is 0 Å². The Kier molecular flexibility index (Phi) is 6.38. The Morgan fingerprint density at radius 2 is 1.75 bits per heavy atom. The summed E-state index contributed by atoms with van der Waals surface area (Å²) in [5, 5.41) is 13.2. The molecule has 0 aliphatic rings. The summed E-state index contributed by atoms with van der Waals surface area (Å²) in [4.78, 5) is 12.1. The molecule has 24 heavy (non-hydrogen) atoms. The van der Waals surface area contributed by atoms with Crippen molar-refractivity contribution in [2.45, 2.75) is 38.8 Å². The molecule has 2 rings (SSSR count). The van der Waals surface area contributed by atoms with Gasteiger partial charge in [-0.15, -0.1) is 0 Å². The van der Waals surface area contributed by atoms with Crippen LogP contribution in [0.3, 0.4) is 0 Å². The molecule has 0 saturated heterocycles. The Hall–Kier alpha value is -2.33. The number of hydrogen-bond donors (Lipinski definition) is 2. The molecule has 128 valence electrons. The predicted octanol–water partition coefficient (Wildman–Crippen LogP) is 3.17. The van der Waals surface area contributed by atoms with Crippen molar-refractivity contribution in [3.05, 3.63) is 65.2 Å². The average molecular weight is 327 g/mol. The quantitative estimate of drug-likeness (QED) is 0.821. The molecule has 0 spiro atoms. The first kappa shape index (κ1) is 18.0. The van der Waals surface area contributed by atoms with Crippen molar-refractivity contribution in [2.75, 3.05) is 7.11 Å². The fourth-order valence-corrected chi connectivity index (χ4v) is 2.51. The Bertz CT molecular complexity index is 650. The zero-order chi connectivity index (χ0) is 17.5. The third kappa shape index (κ3) is 5.10. The highest BCUT2D eigenvalue weighted by Gasteiger charge is 2.18. The van der Waals surface area contributed by atoms with Crippen LogP contribution >= 0.6 is 0 Å². The Morgan fingerprint density at radius 1 is 1.12 bits per heavy atom. The summed E-state index contributed by atoms with van der Waals surface area (Å²) in [6, 6.07) is 15.0. The first-order valence-electron chi connectivity index (χ1n) is 8.16. The number of ether oxygens (including phenoxy) is 1. The van der Waals surface area contributed by atoms with E-state index in [1.54, 1.807) is 38.3 Å². The predicted molar refractivity (Wildman–Crippen MR) is 95.1 cm³/mol. The van der Waals surface area contributed by atoms with Crippen LogP contribution in [0.5, 0.6) is 5.75 Å². The van der Waals surface area contributed by atoms with E-state index in [1.807, 2.05) is 31.2 Å². The maximum atomic E-state index is 12.1. The van der Waals surface area contributed by atoms with Crippen LogP contribution in [0.2, 0.25) is 0 Å². The fraction of sp³-hybridized carbons (Fsp3) is 0.350. The second kappa shape index (κ2) is 8.50. The van der Waals surface area contributed by atoms with E-state index in [0.29, 0.717) is 12.8 Å². The van der Waals surface area contributed by atoms with Crippen molar-refractivity contribution < 1.29 is 14.6 Å². The van der Waals surface area contributed by atoms with E-state index >= 15 is 0 Å². The van der Waals surface area contributed by atoms with Gasteiger partial charge in [-0.05, 0) is 43.5 Å². The highest BCUT2D eigenvalue weighted by atomic mass is 16.5. The van der Waals surface area contributed by atoms with Gasteiger partial charge in [-0.3, -0.25) is 4.79 Å². The summed E-state index contributed by atoms with van der Waals surface area (Å²) in [7, 11) is 1.60. The lowest BCUT2D eigenvalue weighted by atomic mass is 10.0. The number of hydrogen-bond acceptors (Lipinski definition) is 3. The van der Waals surface area contributed by atoms with Gasteiger partial charge in [0.1, 0.15) is 5.75 Å². The van der Waals surface area contributed by atoms with Crippen molar-refractivity contribution in [1.82, 2.24) is 5.32 Å². The van der Waals surface area contributed by atoms with Gasteiger partial charge in [0, 0.05) is 6.42 Å². The lowest BCUT2D eigenvalue weighted by molar-refractivity contribution is -0.122. The number of carbonyl (C=O) groups is 1. The van der Waals surface area contributed by atoms with Gasteiger partial charge < -0.3 is 15.2 Å². The first-order valence-corrected chi connectivity index (χ1v) is 8.16. The zero-order valence-electron chi connectivity index (χ0n) is 14.5. The topological polar surface area (TPSA) is 58.6 Å². The molecule has 0 radical (unpaired) electrons. The van der Waals surface area contributed by atoms with Crippen LogP contribution in [0.4, 0.5) is 0 Å². The summed E-state index contributed by atoms with van der Waals surface area (Å²) in [5.74, 6) is 0.677. The Labute approximate surface area is 143 Å². The number of aryl methyl sites for hydroxylation is 2. The number of carbonyl (C=O) groups excluding carboxylic acids is 1. The van der Waals surface area contributed by atoms with E-state index < -0.39 is 6.10 Å². The van der Waals surface area contributed by atoms with Crippen molar-refractivity contribution in [2.24, 2.45) is 0 Å². The summed E-state index contributed by atoms with van der Waals surface area (Å²) in [6.45, 7) is 3.84. The Morgan fingerprint density at radius 3 is 2.33 bits per heavy atom. The third-order valence-electron chi connectivity index (χ3n) is 4.08. The number of rotatable bonds is 7. The number of amides is 1. The smallest absolute Gasteiger partial charge is 0.220 e. The summed E-state index contributed by atoms with van der Waals surface area (Å²) >= 11 is 0. The van der Waals surface area contributed by atoms with E-state index in [2.05, 4.69) is 5.32 Å². The standard InChI is InChI=1S/C20H25NO3/c1-14-4-6-16(7-5-14)8-13-19(22)21-15(2)20(23)17-9-11-18(24-3)12-10-17/h4-7,9-12,15,20,23H,8,13H2,1-3H3,(H,21,22). The van der Waals surface area contributed by atoms with Crippen LogP contribution in [0.15, 0.2) is 48.5 Å². The molecule has 2 aromatic carbocycles. The minimum atomic E-state index is -0.751. The molecule has 4 nitrogen and oxygen atoms in total. The summed E-state index contributed by atoms with van der Waals surface area (Å²) < 4.78 is 5.10. The highest BCUT2D eigenvalue weighted by molar-refractivity contribution is 5.76. The lowest BCUT2D eigenvalue weighted by Crippen LogP contribution is -2.37. The minimum Gasteiger partial charge on any atom is -0.497 e. The van der Waals surface area contributed by atoms with Crippen LogP contribution in [0.1, 0.15) is 36.1 Å². The SMILES string of the molecule is COc1ccc(C(O)C(C)NC(=O)CCc2ccc(C)cc2)cc1. The van der Waals surface area contributed by atoms with Crippen LogP contribution < -0.4 is 10.1 Å². The number of benzene rings is 2. The molecule has 1 amide bonds. The maximum absolute atomic E-state index is 12.1. The lowest BCUT2D eigenvalue weighted by Gasteiger charge is -2.21. The van der Waals surface area contributed by atoms with Gasteiger partial charge in [0.05, 0.1) is 19.3 Å². The van der Waals surface area contributed by atoms with Gasteiger partial charge in [0.2, 0.25) is 5.91 Å². The summed E-state index contributed by atoms with van der Waals surface area (Å²) in [5.41, 5.74) is 3.10. The van der Waals surface area contributed by atoms with Gasteiger partial charge in [-0.25, -0.2) is 0 Å². The van der Waals surface area contributed by atoms with Crippen LogP contribution in [0.25, 0.3) is 0 Å². The highest BCUT2D eigenvalue weighted by Crippen LogP contribution is 2.20. The van der Waals surface area contributed by atoms with Gasteiger partial charge in [0.25, 0.3) is 0 Å². The van der Waals surface area contributed by atoms with Crippen molar-refractivity contribution in [3.63, 3.8) is 0 Å². The molecule has 2 atom stereocenters. The number of nitrogens with one attached hydrogen (secondary N) is 1. The van der Waals surface area contributed by atoms with E-state index in [-0.39, 0.29) is 11.9 Å². The largest absolute Gasteiger partial charge is 0.497 e. The molecule has 0 heterocycles. The molecule has 2 N–H and O–H groups in total. The van der Waals surface area contributed by atoms with E-state index in [0.717, 1.165) is 16.9 Å². The maximum Gasteiger partial charge on any atom is 0.220 e. The van der Waals surface area contributed by atoms with Gasteiger partial charge in [0.15, 0.2) is 0 Å². The molecule has 0 aliphatic carbocycles. The zero-order valence-corrected chi connectivity index (χ0v) is 14.5. The van der Waals surface area contributed by atoms with E-state index in [9.17, 15) is 9.90 Å². The van der Waals surface area contributed by atoms with E-state index in [1.165, 1.54) is 5.56 Å². The number of methoxy groups -OCH3 is 1. The molecule has 0 bridgehead atoms. The number of aliphatic hydroxyl groups excluding tert-OH is 1. The normalized spacial score (nSPS) is 13.2. The molecule has 0 fully saturated rings. The molecular weight excluding hydrogens is 302 g/mol.